The highest BCUT2D eigenvalue weighted by atomic mass is 16.1. The minimum Gasteiger partial charge on any atom is -0.367 e. The highest BCUT2D eigenvalue weighted by molar-refractivity contribution is 5.94. The smallest absolute Gasteiger partial charge is 0.251 e. The first-order valence-corrected chi connectivity index (χ1v) is 12.3. The molecule has 3 aromatic rings. The van der Waals surface area contributed by atoms with E-state index in [1.54, 1.807) is 0 Å². The fourth-order valence-corrected chi connectivity index (χ4v) is 4.93. The van der Waals surface area contributed by atoms with Crippen LogP contribution in [0.15, 0.2) is 72.8 Å². The van der Waals surface area contributed by atoms with Gasteiger partial charge in [0.05, 0.1) is 0 Å². The van der Waals surface area contributed by atoms with E-state index in [1.807, 2.05) is 12.1 Å². The van der Waals surface area contributed by atoms with Crippen LogP contribution in [0, 0.1) is 0 Å². The van der Waals surface area contributed by atoms with Gasteiger partial charge in [-0.25, -0.2) is 0 Å². The van der Waals surface area contributed by atoms with E-state index in [4.69, 9.17) is 0 Å². The lowest BCUT2D eigenvalue weighted by molar-refractivity contribution is 0.0951. The van der Waals surface area contributed by atoms with Gasteiger partial charge in [-0.05, 0) is 60.0 Å². The Balaban J connectivity index is 1.15. The molecule has 1 amide bonds. The van der Waals surface area contributed by atoms with Gasteiger partial charge in [0.25, 0.3) is 5.91 Å². The molecule has 1 N–H and O–H groups in total. The number of fused-ring (bicyclic) bond motifs is 1. The van der Waals surface area contributed by atoms with Crippen molar-refractivity contribution in [2.24, 2.45) is 0 Å². The second-order valence-corrected chi connectivity index (χ2v) is 9.57. The molecule has 0 saturated carbocycles. The SMILES string of the molecule is CN1CCN(Cc2cccc(CNC(=O)c3ccc(N4CCc5ccccc5C4)cc3)c2)CC1. The van der Waals surface area contributed by atoms with Crippen LogP contribution in [0.3, 0.4) is 0 Å². The third-order valence-corrected chi connectivity index (χ3v) is 7.07. The highest BCUT2D eigenvalue weighted by Gasteiger charge is 2.17. The van der Waals surface area contributed by atoms with E-state index in [2.05, 4.69) is 87.7 Å². The van der Waals surface area contributed by atoms with Crippen molar-refractivity contribution in [3.63, 3.8) is 0 Å². The Morgan fingerprint density at radius 1 is 0.824 bits per heavy atom. The molecule has 5 heteroatoms. The number of benzene rings is 3. The molecule has 5 nitrogen and oxygen atoms in total. The number of carbonyl (C=O) groups is 1. The molecule has 0 aliphatic carbocycles. The van der Waals surface area contributed by atoms with E-state index >= 15 is 0 Å². The molecule has 2 heterocycles. The molecule has 0 unspecified atom stereocenters. The molecule has 1 fully saturated rings. The number of rotatable bonds is 6. The van der Waals surface area contributed by atoms with E-state index in [-0.39, 0.29) is 5.91 Å². The van der Waals surface area contributed by atoms with Crippen LogP contribution < -0.4 is 10.2 Å². The lowest BCUT2D eigenvalue weighted by Crippen LogP contribution is -2.43. The number of likely N-dealkylation sites (N-methyl/N-ethyl adjacent to an activating group) is 1. The molecule has 0 bridgehead atoms. The van der Waals surface area contributed by atoms with Crippen LogP contribution in [0.5, 0.6) is 0 Å². The van der Waals surface area contributed by atoms with Gasteiger partial charge in [0.2, 0.25) is 0 Å². The van der Waals surface area contributed by atoms with Crippen LogP contribution in [-0.4, -0.2) is 55.5 Å². The lowest BCUT2D eigenvalue weighted by atomic mass is 9.99. The fraction of sp³-hybridized carbons (Fsp3) is 0.345. The standard InChI is InChI=1S/C29H34N4O/c1-31-15-17-32(18-16-31)21-24-6-4-5-23(19-24)20-30-29(34)26-9-11-28(12-10-26)33-14-13-25-7-2-3-8-27(25)22-33/h2-12,19H,13-18,20-22H2,1H3,(H,30,34). The fourth-order valence-electron chi connectivity index (χ4n) is 4.93. The molecule has 5 rings (SSSR count). The van der Waals surface area contributed by atoms with Crippen LogP contribution >= 0.6 is 0 Å². The van der Waals surface area contributed by atoms with Gasteiger partial charge in [-0.3, -0.25) is 9.69 Å². The van der Waals surface area contributed by atoms with Crippen LogP contribution in [0.4, 0.5) is 5.69 Å². The van der Waals surface area contributed by atoms with Crippen LogP contribution in [0.1, 0.15) is 32.6 Å². The maximum atomic E-state index is 12.8. The summed E-state index contributed by atoms with van der Waals surface area (Å²) in [6.07, 6.45) is 1.06. The van der Waals surface area contributed by atoms with Crippen molar-refractivity contribution in [2.45, 2.75) is 26.1 Å². The zero-order chi connectivity index (χ0) is 23.3. The summed E-state index contributed by atoms with van der Waals surface area (Å²) < 4.78 is 0. The Bertz CT molecular complexity index is 1120. The van der Waals surface area contributed by atoms with E-state index in [9.17, 15) is 4.79 Å². The summed E-state index contributed by atoms with van der Waals surface area (Å²) in [7, 11) is 2.18. The number of anilines is 1. The molecule has 0 atom stereocenters. The number of amides is 1. The first kappa shape index (κ1) is 22.6. The van der Waals surface area contributed by atoms with E-state index in [0.717, 1.165) is 57.8 Å². The maximum absolute atomic E-state index is 12.8. The van der Waals surface area contributed by atoms with Crippen molar-refractivity contribution in [3.05, 3.63) is 101 Å². The normalized spacial score (nSPS) is 16.8. The number of hydrogen-bond acceptors (Lipinski definition) is 4. The molecule has 176 valence electrons. The van der Waals surface area contributed by atoms with Gasteiger partial charge in [0, 0.05) is 63.6 Å². The first-order chi connectivity index (χ1) is 16.6. The molecule has 3 aromatic carbocycles. The Kier molecular flexibility index (Phi) is 6.93. The molecule has 34 heavy (non-hydrogen) atoms. The van der Waals surface area contributed by atoms with Gasteiger partial charge in [0.1, 0.15) is 0 Å². The average molecular weight is 455 g/mol. The van der Waals surface area contributed by atoms with E-state index < -0.39 is 0 Å². The van der Waals surface area contributed by atoms with Gasteiger partial charge in [-0.2, -0.15) is 0 Å². The third-order valence-electron chi connectivity index (χ3n) is 7.07. The minimum atomic E-state index is -0.0278. The largest absolute Gasteiger partial charge is 0.367 e. The molecular weight excluding hydrogens is 420 g/mol. The van der Waals surface area contributed by atoms with Gasteiger partial charge >= 0.3 is 0 Å². The summed E-state index contributed by atoms with van der Waals surface area (Å²) in [5.74, 6) is -0.0278. The monoisotopic (exact) mass is 454 g/mol. The molecule has 0 spiro atoms. The Morgan fingerprint density at radius 2 is 1.56 bits per heavy atom. The quantitative estimate of drug-likeness (QED) is 0.613. The summed E-state index contributed by atoms with van der Waals surface area (Å²) in [6, 6.07) is 25.3. The van der Waals surface area contributed by atoms with E-state index in [0.29, 0.717) is 12.1 Å². The Hall–Kier alpha value is -3.15. The summed E-state index contributed by atoms with van der Waals surface area (Å²) >= 11 is 0. The summed E-state index contributed by atoms with van der Waals surface area (Å²) in [4.78, 5) is 20.0. The summed E-state index contributed by atoms with van der Waals surface area (Å²) in [6.45, 7) is 7.91. The predicted octanol–water partition coefficient (Wildman–Crippen LogP) is 3.93. The number of hydrogen-bond donors (Lipinski definition) is 1. The average Bonchev–Trinajstić information content (AvgIpc) is 2.89. The van der Waals surface area contributed by atoms with Gasteiger partial charge < -0.3 is 15.1 Å². The van der Waals surface area contributed by atoms with Crippen molar-refractivity contribution in [3.8, 4) is 0 Å². The highest BCUT2D eigenvalue weighted by Crippen LogP contribution is 2.24. The number of nitrogens with zero attached hydrogens (tertiary/aromatic N) is 3. The van der Waals surface area contributed by atoms with Crippen molar-refractivity contribution in [1.82, 2.24) is 15.1 Å². The number of piperazine rings is 1. The van der Waals surface area contributed by atoms with Crippen molar-refractivity contribution >= 4 is 11.6 Å². The topological polar surface area (TPSA) is 38.8 Å². The van der Waals surface area contributed by atoms with Crippen LogP contribution in [0.2, 0.25) is 0 Å². The van der Waals surface area contributed by atoms with Crippen molar-refractivity contribution in [1.29, 1.82) is 0 Å². The Morgan fingerprint density at radius 3 is 2.35 bits per heavy atom. The lowest BCUT2D eigenvalue weighted by Gasteiger charge is -2.32. The summed E-state index contributed by atoms with van der Waals surface area (Å²) in [5, 5.41) is 3.09. The molecule has 0 radical (unpaired) electrons. The second kappa shape index (κ2) is 10.4. The zero-order valence-corrected chi connectivity index (χ0v) is 20.0. The number of nitrogens with one attached hydrogen (secondary N) is 1. The first-order valence-electron chi connectivity index (χ1n) is 12.3. The predicted molar refractivity (Wildman–Crippen MR) is 138 cm³/mol. The minimum absolute atomic E-state index is 0.0278. The van der Waals surface area contributed by atoms with Crippen LogP contribution in [-0.2, 0) is 26.1 Å². The third kappa shape index (κ3) is 5.49. The van der Waals surface area contributed by atoms with Gasteiger partial charge in [0.15, 0.2) is 0 Å². The molecule has 0 aromatic heterocycles. The van der Waals surface area contributed by atoms with E-state index in [1.165, 1.54) is 22.4 Å². The van der Waals surface area contributed by atoms with Gasteiger partial charge in [-0.1, -0.05) is 48.5 Å². The molecule has 2 aliphatic heterocycles. The molecular formula is C29H34N4O. The number of carbonyl (C=O) groups excluding carboxylic acids is 1. The van der Waals surface area contributed by atoms with Crippen molar-refractivity contribution < 1.29 is 4.79 Å². The molecule has 2 aliphatic rings. The second-order valence-electron chi connectivity index (χ2n) is 9.57. The Labute approximate surface area is 203 Å². The van der Waals surface area contributed by atoms with Crippen LogP contribution in [0.25, 0.3) is 0 Å². The van der Waals surface area contributed by atoms with Crippen molar-refractivity contribution in [2.75, 3.05) is 44.7 Å². The van der Waals surface area contributed by atoms with Gasteiger partial charge in [-0.15, -0.1) is 0 Å². The molecule has 1 saturated heterocycles. The maximum Gasteiger partial charge on any atom is 0.251 e. The summed E-state index contributed by atoms with van der Waals surface area (Å²) in [5.41, 5.74) is 7.16. The zero-order valence-electron chi connectivity index (χ0n) is 20.0.